The van der Waals surface area contributed by atoms with Gasteiger partial charge in [0.1, 0.15) is 5.75 Å². The third-order valence-corrected chi connectivity index (χ3v) is 6.24. The minimum atomic E-state index is 0.172. The van der Waals surface area contributed by atoms with E-state index >= 15 is 0 Å². The van der Waals surface area contributed by atoms with Crippen LogP contribution in [0.1, 0.15) is 44.2 Å². The molecule has 2 fully saturated rings. The molecule has 2 aliphatic rings. The first-order valence-electron chi connectivity index (χ1n) is 11.7. The molecule has 0 aliphatic carbocycles. The molecule has 1 amide bonds. The van der Waals surface area contributed by atoms with Gasteiger partial charge in [-0.3, -0.25) is 9.69 Å². The zero-order valence-corrected chi connectivity index (χ0v) is 18.9. The Bertz CT molecular complexity index is 874. The van der Waals surface area contributed by atoms with Crippen molar-refractivity contribution in [3.05, 3.63) is 59.7 Å². The molecule has 2 aromatic carbocycles. The second-order valence-electron chi connectivity index (χ2n) is 8.94. The van der Waals surface area contributed by atoms with Crippen LogP contribution in [-0.2, 0) is 17.9 Å². The fraction of sp³-hybridized carbons (Fsp3) is 0.500. The van der Waals surface area contributed by atoms with Crippen molar-refractivity contribution < 1.29 is 9.53 Å². The molecule has 5 heteroatoms. The van der Waals surface area contributed by atoms with Gasteiger partial charge in [0.25, 0.3) is 0 Å². The molecule has 0 spiro atoms. The van der Waals surface area contributed by atoms with E-state index in [1.165, 1.54) is 16.8 Å². The summed E-state index contributed by atoms with van der Waals surface area (Å²) in [4.78, 5) is 19.3. The predicted octanol–water partition coefficient (Wildman–Crippen LogP) is 4.31. The molecule has 2 aromatic rings. The second-order valence-corrected chi connectivity index (χ2v) is 8.94. The van der Waals surface area contributed by atoms with Crippen molar-refractivity contribution in [1.82, 2.24) is 9.80 Å². The van der Waals surface area contributed by atoms with Gasteiger partial charge in [-0.1, -0.05) is 36.4 Å². The Morgan fingerprint density at radius 3 is 2.23 bits per heavy atom. The summed E-state index contributed by atoms with van der Waals surface area (Å²) in [5.41, 5.74) is 3.83. The lowest BCUT2D eigenvalue weighted by Crippen LogP contribution is -2.46. The minimum Gasteiger partial charge on any atom is -0.489 e. The molecule has 2 heterocycles. The highest BCUT2D eigenvalue weighted by Gasteiger charge is 2.22. The monoisotopic (exact) mass is 421 g/mol. The highest BCUT2D eigenvalue weighted by atomic mass is 16.5. The number of piperazine rings is 1. The van der Waals surface area contributed by atoms with Gasteiger partial charge in [0.15, 0.2) is 0 Å². The van der Waals surface area contributed by atoms with Crippen LogP contribution in [0.25, 0.3) is 0 Å². The third kappa shape index (κ3) is 5.59. The van der Waals surface area contributed by atoms with Gasteiger partial charge >= 0.3 is 0 Å². The molecule has 2 aliphatic heterocycles. The van der Waals surface area contributed by atoms with E-state index in [0.29, 0.717) is 12.3 Å². The summed E-state index contributed by atoms with van der Waals surface area (Å²) in [6.07, 6.45) is 3.03. The van der Waals surface area contributed by atoms with Crippen LogP contribution in [0.4, 0.5) is 5.69 Å². The van der Waals surface area contributed by atoms with Gasteiger partial charge in [0.2, 0.25) is 5.91 Å². The molecule has 0 saturated carbocycles. The second kappa shape index (κ2) is 10.2. The number of piperidine rings is 1. The van der Waals surface area contributed by atoms with Crippen molar-refractivity contribution in [2.24, 2.45) is 0 Å². The average Bonchev–Trinajstić information content (AvgIpc) is 2.77. The molecular weight excluding hydrogens is 386 g/mol. The van der Waals surface area contributed by atoms with Crippen LogP contribution < -0.4 is 9.64 Å². The van der Waals surface area contributed by atoms with Crippen LogP contribution in [-0.4, -0.2) is 54.5 Å². The van der Waals surface area contributed by atoms with Gasteiger partial charge in [-0.15, -0.1) is 0 Å². The molecule has 0 atom stereocenters. The molecule has 0 unspecified atom stereocenters. The Balaban J connectivity index is 1.37. The average molecular weight is 422 g/mol. The molecule has 4 rings (SSSR count). The number of carbonyl (C=O) groups excluding carboxylic acids is 1. The van der Waals surface area contributed by atoms with E-state index in [1.54, 1.807) is 0 Å². The largest absolute Gasteiger partial charge is 0.489 e. The van der Waals surface area contributed by atoms with E-state index in [-0.39, 0.29) is 6.10 Å². The van der Waals surface area contributed by atoms with Crippen molar-refractivity contribution in [2.75, 3.05) is 37.6 Å². The van der Waals surface area contributed by atoms with Crippen molar-refractivity contribution in [3.8, 4) is 5.75 Å². The molecule has 0 bridgehead atoms. The summed E-state index contributed by atoms with van der Waals surface area (Å²) in [5, 5.41) is 0. The Morgan fingerprint density at radius 1 is 0.839 bits per heavy atom. The van der Waals surface area contributed by atoms with Gasteiger partial charge in [0, 0.05) is 52.2 Å². The summed E-state index contributed by atoms with van der Waals surface area (Å²) in [7, 11) is 0. The topological polar surface area (TPSA) is 36.0 Å². The first-order valence-corrected chi connectivity index (χ1v) is 11.7. The van der Waals surface area contributed by atoms with Crippen LogP contribution in [0.2, 0.25) is 0 Å². The van der Waals surface area contributed by atoms with Crippen LogP contribution >= 0.6 is 0 Å². The summed E-state index contributed by atoms with van der Waals surface area (Å²) in [5.74, 6) is 1.28. The number of ether oxygens (including phenoxy) is 1. The van der Waals surface area contributed by atoms with Gasteiger partial charge in [0.05, 0.1) is 11.8 Å². The highest BCUT2D eigenvalue weighted by molar-refractivity contribution is 5.76. The van der Waals surface area contributed by atoms with Crippen molar-refractivity contribution in [2.45, 2.75) is 52.3 Å². The molecule has 0 N–H and O–H groups in total. The highest BCUT2D eigenvalue weighted by Crippen LogP contribution is 2.30. The van der Waals surface area contributed by atoms with Gasteiger partial charge in [-0.2, -0.15) is 0 Å². The minimum absolute atomic E-state index is 0.172. The smallest absolute Gasteiger partial charge is 0.222 e. The third-order valence-electron chi connectivity index (χ3n) is 6.24. The van der Waals surface area contributed by atoms with Crippen molar-refractivity contribution in [1.29, 1.82) is 0 Å². The first kappa shape index (κ1) is 21.7. The maximum Gasteiger partial charge on any atom is 0.222 e. The molecular formula is C26H35N3O2. The predicted molar refractivity (Wildman–Crippen MR) is 125 cm³/mol. The van der Waals surface area contributed by atoms with Gasteiger partial charge < -0.3 is 14.5 Å². The maximum atomic E-state index is 12.3. The van der Waals surface area contributed by atoms with E-state index in [4.69, 9.17) is 4.74 Å². The molecule has 0 aromatic heterocycles. The number of amides is 1. The summed E-state index contributed by atoms with van der Waals surface area (Å²) < 4.78 is 6.03. The SMILES string of the molecule is CC(C)Oc1ccccc1N1CCN(Cc2ccccc2CN2CCCCC2=O)CC1. The molecule has 166 valence electrons. The van der Waals surface area contributed by atoms with E-state index < -0.39 is 0 Å². The van der Waals surface area contributed by atoms with Gasteiger partial charge in [-0.25, -0.2) is 0 Å². The quantitative estimate of drug-likeness (QED) is 0.668. The maximum absolute atomic E-state index is 12.3. The van der Waals surface area contributed by atoms with Crippen LogP contribution in [0.3, 0.4) is 0 Å². The fourth-order valence-corrected chi connectivity index (χ4v) is 4.56. The number of likely N-dealkylation sites (tertiary alicyclic amines) is 1. The van der Waals surface area contributed by atoms with Crippen molar-refractivity contribution in [3.63, 3.8) is 0 Å². The van der Waals surface area contributed by atoms with Crippen LogP contribution in [0, 0.1) is 0 Å². The molecule has 0 radical (unpaired) electrons. The number of hydrogen-bond donors (Lipinski definition) is 0. The molecule has 5 nitrogen and oxygen atoms in total. The Kier molecular flexibility index (Phi) is 7.13. The first-order chi connectivity index (χ1) is 15.1. The van der Waals surface area contributed by atoms with Crippen molar-refractivity contribution >= 4 is 11.6 Å². The summed E-state index contributed by atoms with van der Waals surface area (Å²) >= 11 is 0. The summed E-state index contributed by atoms with van der Waals surface area (Å²) in [6, 6.07) is 17.0. The van der Waals surface area contributed by atoms with Crippen LogP contribution in [0.15, 0.2) is 48.5 Å². The number of benzene rings is 2. The normalized spacial score (nSPS) is 18.0. The zero-order valence-electron chi connectivity index (χ0n) is 18.9. The lowest BCUT2D eigenvalue weighted by Gasteiger charge is -2.37. The Morgan fingerprint density at radius 2 is 1.52 bits per heavy atom. The van der Waals surface area contributed by atoms with E-state index in [2.05, 4.69) is 66.1 Å². The number of rotatable bonds is 7. The Hall–Kier alpha value is -2.53. The van der Waals surface area contributed by atoms with Crippen LogP contribution in [0.5, 0.6) is 5.75 Å². The summed E-state index contributed by atoms with van der Waals surface area (Å²) in [6.45, 7) is 10.7. The number of carbonyl (C=O) groups is 1. The zero-order chi connectivity index (χ0) is 21.6. The number of nitrogens with zero attached hydrogens (tertiary/aromatic N) is 3. The Labute approximate surface area is 186 Å². The number of para-hydroxylation sites is 2. The fourth-order valence-electron chi connectivity index (χ4n) is 4.56. The number of hydrogen-bond acceptors (Lipinski definition) is 4. The molecule has 2 saturated heterocycles. The lowest BCUT2D eigenvalue weighted by atomic mass is 10.0. The lowest BCUT2D eigenvalue weighted by molar-refractivity contribution is -0.133. The standard InChI is InChI=1S/C26H35N3O2/c1-21(2)31-25-12-6-5-11-24(25)28-17-15-27(16-18-28)19-22-9-3-4-10-23(22)20-29-14-8-7-13-26(29)30/h3-6,9-12,21H,7-8,13-20H2,1-2H3. The van der Waals surface area contributed by atoms with Gasteiger partial charge in [-0.05, 0) is 49.9 Å². The van der Waals surface area contributed by atoms with E-state index in [9.17, 15) is 4.79 Å². The molecule has 31 heavy (non-hydrogen) atoms. The van der Waals surface area contributed by atoms with E-state index in [1.807, 2.05) is 11.0 Å². The number of anilines is 1. The van der Waals surface area contributed by atoms with E-state index in [0.717, 1.165) is 64.4 Å².